The van der Waals surface area contributed by atoms with Crippen molar-refractivity contribution in [3.05, 3.63) is 11.6 Å². The average molecular weight is 513 g/mol. The van der Waals surface area contributed by atoms with Crippen LogP contribution in [0.2, 0.25) is 0 Å². The van der Waals surface area contributed by atoms with E-state index < -0.39 is 16.8 Å². The van der Waals surface area contributed by atoms with Gasteiger partial charge in [0.15, 0.2) is 0 Å². The first-order valence-electron chi connectivity index (χ1n) is 14.6. The summed E-state index contributed by atoms with van der Waals surface area (Å²) < 4.78 is 5.72. The summed E-state index contributed by atoms with van der Waals surface area (Å²) in [5, 5.41) is 10.6. The first-order chi connectivity index (χ1) is 16.9. The standard InChI is InChI=1S/C32H48O5/c1-19(33)37-25-17-24(34)31(8)20(28(25,4)5)9-12-29(6)21-11-14-32(26(35)36)16-15-27(2,3)18-23(32)30(21,7)13-10-22(29)31/h11,20,22-23,25H,9-10,12-18H2,1-8H3,(H,35,36)/t20-,22-,23-,25-,29-,30+,31-,32+/m0/s1. The van der Waals surface area contributed by atoms with Crippen molar-refractivity contribution < 1.29 is 24.2 Å². The molecule has 0 amide bonds. The number of hydrogen-bond acceptors (Lipinski definition) is 4. The third-order valence-corrected chi connectivity index (χ3v) is 12.9. The van der Waals surface area contributed by atoms with Crippen molar-refractivity contribution in [1.29, 1.82) is 0 Å². The summed E-state index contributed by atoms with van der Waals surface area (Å²) in [6.45, 7) is 17.4. The normalized spacial score (nSPS) is 47.9. The second kappa shape index (κ2) is 7.94. The number of rotatable bonds is 2. The molecule has 206 valence electrons. The second-order valence-corrected chi connectivity index (χ2v) is 15.6. The van der Waals surface area contributed by atoms with Crippen molar-refractivity contribution in [3.8, 4) is 0 Å². The van der Waals surface area contributed by atoms with Crippen molar-refractivity contribution in [3.63, 3.8) is 0 Å². The molecule has 1 N–H and O–H groups in total. The Labute approximate surface area is 223 Å². The number of fused-ring (bicyclic) bond motifs is 7. The van der Waals surface area contributed by atoms with Gasteiger partial charge in [0.25, 0.3) is 0 Å². The fourth-order valence-corrected chi connectivity index (χ4v) is 10.9. The highest BCUT2D eigenvalue weighted by molar-refractivity contribution is 5.88. The molecule has 5 rings (SSSR count). The molecule has 5 aliphatic rings. The van der Waals surface area contributed by atoms with Crippen LogP contribution in [0.25, 0.3) is 0 Å². The maximum Gasteiger partial charge on any atom is 0.310 e. The van der Waals surface area contributed by atoms with E-state index in [1.54, 1.807) is 0 Å². The van der Waals surface area contributed by atoms with Crippen molar-refractivity contribution in [1.82, 2.24) is 0 Å². The van der Waals surface area contributed by atoms with Crippen LogP contribution in [-0.2, 0) is 19.1 Å². The Morgan fingerprint density at radius 2 is 1.49 bits per heavy atom. The van der Waals surface area contributed by atoms with Crippen LogP contribution < -0.4 is 0 Å². The lowest BCUT2D eigenvalue weighted by molar-refractivity contribution is -0.199. The molecule has 0 unspecified atom stereocenters. The van der Waals surface area contributed by atoms with Gasteiger partial charge in [0, 0.05) is 24.2 Å². The predicted molar refractivity (Wildman–Crippen MR) is 143 cm³/mol. The number of ketones is 1. The fourth-order valence-electron chi connectivity index (χ4n) is 10.9. The first kappa shape index (κ1) is 26.9. The van der Waals surface area contributed by atoms with Gasteiger partial charge in [-0.3, -0.25) is 14.4 Å². The molecule has 0 spiro atoms. The number of carbonyl (C=O) groups excluding carboxylic acids is 2. The van der Waals surface area contributed by atoms with Gasteiger partial charge in [-0.15, -0.1) is 0 Å². The number of Topliss-reactive ketones (excluding diaryl/α,β-unsaturated/α-hetero) is 1. The Morgan fingerprint density at radius 3 is 2.08 bits per heavy atom. The smallest absolute Gasteiger partial charge is 0.310 e. The van der Waals surface area contributed by atoms with Crippen LogP contribution in [0.5, 0.6) is 0 Å². The molecule has 0 radical (unpaired) electrons. The lowest BCUT2D eigenvalue weighted by Gasteiger charge is -2.69. The molecule has 5 nitrogen and oxygen atoms in total. The predicted octanol–water partition coefficient (Wildman–Crippen LogP) is 6.98. The Morgan fingerprint density at radius 1 is 0.892 bits per heavy atom. The summed E-state index contributed by atoms with van der Waals surface area (Å²) in [5.41, 5.74) is -0.0982. The van der Waals surface area contributed by atoms with Crippen LogP contribution in [0.15, 0.2) is 11.6 Å². The van der Waals surface area contributed by atoms with Gasteiger partial charge in [0.05, 0.1) is 5.41 Å². The number of carboxylic acids is 1. The zero-order valence-corrected chi connectivity index (χ0v) is 24.3. The van der Waals surface area contributed by atoms with E-state index in [4.69, 9.17) is 4.74 Å². The van der Waals surface area contributed by atoms with E-state index in [1.807, 2.05) is 0 Å². The van der Waals surface area contributed by atoms with Gasteiger partial charge in [0.2, 0.25) is 0 Å². The maximum absolute atomic E-state index is 14.0. The highest BCUT2D eigenvalue weighted by Gasteiger charge is 2.70. The molecule has 0 saturated heterocycles. The molecule has 0 aromatic rings. The number of aliphatic carboxylic acids is 1. The third kappa shape index (κ3) is 3.43. The number of esters is 1. The van der Waals surface area contributed by atoms with Gasteiger partial charge in [-0.05, 0) is 85.4 Å². The van der Waals surface area contributed by atoms with Gasteiger partial charge in [-0.25, -0.2) is 0 Å². The van der Waals surface area contributed by atoms with Gasteiger partial charge >= 0.3 is 11.9 Å². The number of allylic oxidation sites excluding steroid dienone is 2. The Bertz CT molecular complexity index is 1070. The fraction of sp³-hybridized carbons (Fsp3) is 0.844. The summed E-state index contributed by atoms with van der Waals surface area (Å²) in [5.74, 6) is -0.184. The molecule has 0 bridgehead atoms. The van der Waals surface area contributed by atoms with Crippen LogP contribution in [0.3, 0.4) is 0 Å². The SMILES string of the molecule is CC(=O)O[C@H]1CC(=O)[C@]2(C)[C@H]3CC[C@]4(C)C(=CC[C@@]5(C(=O)O)CCC(C)(C)C[C@H]54)[C@]3(C)CC[C@H]2C1(C)C. The summed E-state index contributed by atoms with van der Waals surface area (Å²) in [6.07, 6.45) is 9.35. The molecule has 5 aliphatic carbocycles. The van der Waals surface area contributed by atoms with Crippen LogP contribution in [-0.4, -0.2) is 28.9 Å². The number of hydrogen-bond donors (Lipinski definition) is 1. The highest BCUT2D eigenvalue weighted by atomic mass is 16.5. The van der Waals surface area contributed by atoms with E-state index in [0.717, 1.165) is 44.9 Å². The molecule has 5 heteroatoms. The summed E-state index contributed by atoms with van der Waals surface area (Å²) in [7, 11) is 0. The van der Waals surface area contributed by atoms with Crippen LogP contribution in [0, 0.1) is 50.2 Å². The monoisotopic (exact) mass is 512 g/mol. The zero-order valence-electron chi connectivity index (χ0n) is 24.3. The number of carbonyl (C=O) groups is 3. The quantitative estimate of drug-likeness (QED) is 0.319. The van der Waals surface area contributed by atoms with E-state index in [2.05, 4.69) is 54.5 Å². The van der Waals surface area contributed by atoms with Crippen molar-refractivity contribution in [2.24, 2.45) is 50.2 Å². The third-order valence-electron chi connectivity index (χ3n) is 12.9. The van der Waals surface area contributed by atoms with Gasteiger partial charge in [-0.2, -0.15) is 0 Å². The van der Waals surface area contributed by atoms with Crippen molar-refractivity contribution in [2.75, 3.05) is 0 Å². The summed E-state index contributed by atoms with van der Waals surface area (Å²) in [6, 6.07) is 0. The zero-order chi connectivity index (χ0) is 27.4. The van der Waals surface area contributed by atoms with Gasteiger partial charge < -0.3 is 9.84 Å². The highest BCUT2D eigenvalue weighted by Crippen LogP contribution is 2.74. The van der Waals surface area contributed by atoms with E-state index >= 15 is 0 Å². The first-order valence-corrected chi connectivity index (χ1v) is 14.6. The Balaban J connectivity index is 1.57. The molecule has 0 aliphatic heterocycles. The Hall–Kier alpha value is -1.65. The molecule has 4 fully saturated rings. The van der Waals surface area contributed by atoms with Gasteiger partial charge in [0.1, 0.15) is 11.9 Å². The average Bonchev–Trinajstić information content (AvgIpc) is 2.77. The number of carboxylic acid groups (broad SMARTS) is 1. The van der Waals surface area contributed by atoms with E-state index in [9.17, 15) is 19.5 Å². The van der Waals surface area contributed by atoms with Crippen LogP contribution in [0.4, 0.5) is 0 Å². The van der Waals surface area contributed by atoms with E-state index in [-0.39, 0.29) is 57.3 Å². The number of ether oxygens (including phenoxy) is 1. The van der Waals surface area contributed by atoms with Crippen molar-refractivity contribution in [2.45, 2.75) is 119 Å². The molecule has 8 atom stereocenters. The molecular formula is C32H48O5. The van der Waals surface area contributed by atoms with E-state index in [1.165, 1.54) is 12.5 Å². The second-order valence-electron chi connectivity index (χ2n) is 15.6. The molecule has 0 aromatic carbocycles. The molecular weight excluding hydrogens is 464 g/mol. The summed E-state index contributed by atoms with van der Waals surface area (Å²) >= 11 is 0. The molecule has 0 aromatic heterocycles. The topological polar surface area (TPSA) is 80.7 Å². The minimum atomic E-state index is -0.669. The lowest BCUT2D eigenvalue weighted by Crippen LogP contribution is -2.66. The van der Waals surface area contributed by atoms with Gasteiger partial charge in [-0.1, -0.05) is 60.1 Å². The van der Waals surface area contributed by atoms with Crippen molar-refractivity contribution >= 4 is 17.7 Å². The van der Waals surface area contributed by atoms with Crippen LogP contribution >= 0.6 is 0 Å². The lowest BCUT2D eigenvalue weighted by atomic mass is 9.34. The molecule has 37 heavy (non-hydrogen) atoms. The molecule has 0 heterocycles. The minimum Gasteiger partial charge on any atom is -0.481 e. The maximum atomic E-state index is 14.0. The summed E-state index contributed by atoms with van der Waals surface area (Å²) in [4.78, 5) is 38.8. The Kier molecular flexibility index (Phi) is 5.78. The van der Waals surface area contributed by atoms with Crippen LogP contribution in [0.1, 0.15) is 113 Å². The minimum absolute atomic E-state index is 0.121. The molecule has 4 saturated carbocycles. The van der Waals surface area contributed by atoms with E-state index in [0.29, 0.717) is 12.8 Å². The largest absolute Gasteiger partial charge is 0.481 e.